The molecular formula is C8H14N2OS. The molecule has 2 unspecified atom stereocenters. The summed E-state index contributed by atoms with van der Waals surface area (Å²) in [5, 5.41) is 2.87. The van der Waals surface area contributed by atoms with E-state index in [-0.39, 0.29) is 17.9 Å². The van der Waals surface area contributed by atoms with Gasteiger partial charge in [-0.2, -0.15) is 0 Å². The number of amides is 1. The molecule has 0 spiro atoms. The molecule has 1 amide bonds. The minimum absolute atomic E-state index is 0.00292. The molecule has 1 saturated carbocycles. The molecule has 0 aliphatic heterocycles. The Labute approximate surface area is 77.7 Å². The summed E-state index contributed by atoms with van der Waals surface area (Å²) < 4.78 is 0. The molecule has 0 aromatic carbocycles. The summed E-state index contributed by atoms with van der Waals surface area (Å²) in [4.78, 5) is 11.3. The van der Waals surface area contributed by atoms with Gasteiger partial charge in [-0.05, 0) is 12.8 Å². The van der Waals surface area contributed by atoms with Crippen LogP contribution in [0.15, 0.2) is 0 Å². The van der Waals surface area contributed by atoms with Gasteiger partial charge in [-0.3, -0.25) is 4.79 Å². The standard InChI is InChI=1S/C8H14N2OS/c1-5(11)10-7-4-2-3-6(7)8(9)12/h6-7H,2-4H2,1H3,(H2,9,12)(H,10,11). The number of nitrogens with two attached hydrogens (primary N) is 1. The molecule has 1 fully saturated rings. The highest BCUT2D eigenvalue weighted by Gasteiger charge is 2.29. The van der Waals surface area contributed by atoms with Gasteiger partial charge in [0.15, 0.2) is 0 Å². The molecule has 68 valence electrons. The van der Waals surface area contributed by atoms with E-state index in [0.717, 1.165) is 19.3 Å². The van der Waals surface area contributed by atoms with Crippen LogP contribution in [0.25, 0.3) is 0 Å². The maximum Gasteiger partial charge on any atom is 0.217 e. The number of carbonyl (C=O) groups excluding carboxylic acids is 1. The largest absolute Gasteiger partial charge is 0.393 e. The zero-order valence-electron chi connectivity index (χ0n) is 7.17. The van der Waals surface area contributed by atoms with Gasteiger partial charge in [-0.25, -0.2) is 0 Å². The van der Waals surface area contributed by atoms with E-state index in [9.17, 15) is 4.79 Å². The van der Waals surface area contributed by atoms with Crippen molar-refractivity contribution in [2.45, 2.75) is 32.2 Å². The Kier molecular flexibility index (Phi) is 3.03. The highest BCUT2D eigenvalue weighted by Crippen LogP contribution is 2.25. The van der Waals surface area contributed by atoms with E-state index in [2.05, 4.69) is 5.32 Å². The van der Waals surface area contributed by atoms with Gasteiger partial charge in [0.1, 0.15) is 0 Å². The summed E-state index contributed by atoms with van der Waals surface area (Å²) in [5.41, 5.74) is 5.54. The van der Waals surface area contributed by atoms with Crippen molar-refractivity contribution in [3.05, 3.63) is 0 Å². The summed E-state index contributed by atoms with van der Waals surface area (Å²) in [6, 6.07) is 0.181. The maximum atomic E-state index is 10.8. The molecule has 0 aromatic heterocycles. The van der Waals surface area contributed by atoms with E-state index in [1.807, 2.05) is 0 Å². The van der Waals surface area contributed by atoms with Gasteiger partial charge in [-0.15, -0.1) is 0 Å². The fourth-order valence-corrected chi connectivity index (χ4v) is 2.02. The van der Waals surface area contributed by atoms with E-state index in [4.69, 9.17) is 18.0 Å². The van der Waals surface area contributed by atoms with Crippen LogP contribution in [0.3, 0.4) is 0 Å². The van der Waals surface area contributed by atoms with Crippen LogP contribution in [-0.2, 0) is 4.79 Å². The fraction of sp³-hybridized carbons (Fsp3) is 0.750. The van der Waals surface area contributed by atoms with Gasteiger partial charge in [0, 0.05) is 18.9 Å². The number of hydrogen-bond acceptors (Lipinski definition) is 2. The number of rotatable bonds is 2. The van der Waals surface area contributed by atoms with Crippen molar-refractivity contribution < 1.29 is 4.79 Å². The first-order chi connectivity index (χ1) is 5.61. The van der Waals surface area contributed by atoms with Crippen LogP contribution in [-0.4, -0.2) is 16.9 Å². The van der Waals surface area contributed by atoms with Crippen molar-refractivity contribution >= 4 is 23.1 Å². The first kappa shape index (κ1) is 9.45. The second-order valence-electron chi connectivity index (χ2n) is 3.25. The summed E-state index contributed by atoms with van der Waals surface area (Å²) in [6.07, 6.45) is 3.12. The summed E-state index contributed by atoms with van der Waals surface area (Å²) in [7, 11) is 0. The Morgan fingerprint density at radius 2 is 2.25 bits per heavy atom. The van der Waals surface area contributed by atoms with Crippen LogP contribution in [0.5, 0.6) is 0 Å². The molecule has 12 heavy (non-hydrogen) atoms. The van der Waals surface area contributed by atoms with Crippen molar-refractivity contribution in [1.82, 2.24) is 5.32 Å². The van der Waals surface area contributed by atoms with Crippen molar-refractivity contribution in [3.8, 4) is 0 Å². The third-order valence-electron chi connectivity index (χ3n) is 2.27. The zero-order valence-corrected chi connectivity index (χ0v) is 7.99. The predicted molar refractivity (Wildman–Crippen MR) is 51.7 cm³/mol. The smallest absolute Gasteiger partial charge is 0.217 e. The van der Waals surface area contributed by atoms with Crippen LogP contribution in [0.1, 0.15) is 26.2 Å². The molecule has 2 atom stereocenters. The Morgan fingerprint density at radius 1 is 1.58 bits per heavy atom. The van der Waals surface area contributed by atoms with E-state index in [0.29, 0.717) is 4.99 Å². The molecule has 1 rings (SSSR count). The molecule has 4 heteroatoms. The van der Waals surface area contributed by atoms with Crippen LogP contribution in [0.4, 0.5) is 0 Å². The molecule has 0 saturated heterocycles. The Hall–Kier alpha value is -0.640. The zero-order chi connectivity index (χ0) is 9.14. The second kappa shape index (κ2) is 3.85. The van der Waals surface area contributed by atoms with Crippen LogP contribution in [0, 0.1) is 5.92 Å². The van der Waals surface area contributed by atoms with Gasteiger partial charge in [0.05, 0.1) is 4.99 Å². The van der Waals surface area contributed by atoms with Crippen molar-refractivity contribution in [2.75, 3.05) is 0 Å². The average molecular weight is 186 g/mol. The quantitative estimate of drug-likeness (QED) is 0.620. The molecule has 0 bridgehead atoms. The molecule has 1 aliphatic carbocycles. The highest BCUT2D eigenvalue weighted by atomic mass is 32.1. The lowest BCUT2D eigenvalue weighted by molar-refractivity contribution is -0.119. The van der Waals surface area contributed by atoms with Gasteiger partial charge in [-0.1, -0.05) is 18.6 Å². The fourth-order valence-electron chi connectivity index (χ4n) is 1.73. The second-order valence-corrected chi connectivity index (χ2v) is 3.72. The summed E-state index contributed by atoms with van der Waals surface area (Å²) in [5.74, 6) is 0.215. The minimum atomic E-state index is 0.00292. The first-order valence-electron chi connectivity index (χ1n) is 4.17. The molecule has 0 heterocycles. The topological polar surface area (TPSA) is 55.1 Å². The first-order valence-corrected chi connectivity index (χ1v) is 4.58. The minimum Gasteiger partial charge on any atom is -0.393 e. The Bertz CT molecular complexity index is 205. The monoisotopic (exact) mass is 186 g/mol. The van der Waals surface area contributed by atoms with Gasteiger partial charge < -0.3 is 11.1 Å². The Morgan fingerprint density at radius 3 is 2.75 bits per heavy atom. The van der Waals surface area contributed by atoms with Crippen LogP contribution < -0.4 is 11.1 Å². The van der Waals surface area contributed by atoms with Crippen LogP contribution in [0.2, 0.25) is 0 Å². The third kappa shape index (κ3) is 2.17. The lowest BCUT2D eigenvalue weighted by Crippen LogP contribution is -2.40. The van der Waals surface area contributed by atoms with E-state index >= 15 is 0 Å². The predicted octanol–water partition coefficient (Wildman–Crippen LogP) is 0.577. The molecule has 3 nitrogen and oxygen atoms in total. The number of carbonyl (C=O) groups is 1. The number of thiocarbonyl (C=S) groups is 1. The lowest BCUT2D eigenvalue weighted by Gasteiger charge is -2.18. The number of hydrogen-bond donors (Lipinski definition) is 2. The van der Waals surface area contributed by atoms with Crippen LogP contribution >= 0.6 is 12.2 Å². The maximum absolute atomic E-state index is 10.8. The molecule has 1 aliphatic rings. The van der Waals surface area contributed by atoms with Crippen molar-refractivity contribution in [1.29, 1.82) is 0 Å². The average Bonchev–Trinajstić information content (AvgIpc) is 2.33. The van der Waals surface area contributed by atoms with Gasteiger partial charge in [0.25, 0.3) is 0 Å². The third-order valence-corrected chi connectivity index (χ3v) is 2.57. The van der Waals surface area contributed by atoms with Gasteiger partial charge >= 0.3 is 0 Å². The molecule has 0 aromatic rings. The molecule has 3 N–H and O–H groups in total. The van der Waals surface area contributed by atoms with E-state index in [1.54, 1.807) is 0 Å². The van der Waals surface area contributed by atoms with Gasteiger partial charge in [0.2, 0.25) is 5.91 Å². The summed E-state index contributed by atoms with van der Waals surface area (Å²) in [6.45, 7) is 1.52. The highest BCUT2D eigenvalue weighted by molar-refractivity contribution is 7.80. The molecular weight excluding hydrogens is 172 g/mol. The van der Waals surface area contributed by atoms with E-state index in [1.165, 1.54) is 6.92 Å². The van der Waals surface area contributed by atoms with Crippen molar-refractivity contribution in [3.63, 3.8) is 0 Å². The van der Waals surface area contributed by atoms with Crippen molar-refractivity contribution in [2.24, 2.45) is 11.7 Å². The number of nitrogens with one attached hydrogen (secondary N) is 1. The van der Waals surface area contributed by atoms with E-state index < -0.39 is 0 Å². The molecule has 0 radical (unpaired) electrons. The Balaban J connectivity index is 2.52. The SMILES string of the molecule is CC(=O)NC1CCCC1C(N)=S. The normalized spacial score (nSPS) is 28.4. The lowest BCUT2D eigenvalue weighted by atomic mass is 10.0. The summed E-state index contributed by atoms with van der Waals surface area (Å²) >= 11 is 4.91.